The molecule has 1 radical (unpaired) electrons. The van der Waals surface area contributed by atoms with E-state index in [-0.39, 0.29) is 0 Å². The minimum atomic E-state index is 0.815. The van der Waals surface area contributed by atoms with Crippen LogP contribution >= 0.6 is 31.9 Å². The van der Waals surface area contributed by atoms with Crippen LogP contribution in [-0.4, -0.2) is 17.2 Å². The smallest absolute Gasteiger partial charge is 0.198 e. The summed E-state index contributed by atoms with van der Waals surface area (Å²) >= 11 is 6.52. The highest BCUT2D eigenvalue weighted by atomic mass is 79.9. The van der Waals surface area contributed by atoms with Crippen molar-refractivity contribution >= 4 is 44.9 Å². The quantitative estimate of drug-likeness (QED) is 0.748. The van der Waals surface area contributed by atoms with Gasteiger partial charge in [0.2, 0.25) is 0 Å². The van der Waals surface area contributed by atoms with Gasteiger partial charge in [0.15, 0.2) is 7.28 Å². The third-order valence-corrected chi connectivity index (χ3v) is 2.59. The molecule has 1 rings (SSSR count). The van der Waals surface area contributed by atoms with E-state index in [4.69, 9.17) is 0 Å². The molecular formula is C4H4BBr2N2. The Morgan fingerprint density at radius 2 is 2.22 bits per heavy atom. The first-order valence-corrected chi connectivity index (χ1v) is 4.03. The second-order valence-corrected chi connectivity index (χ2v) is 3.06. The van der Waals surface area contributed by atoms with E-state index in [0.717, 1.165) is 14.9 Å². The molecule has 1 heterocycles. The molecule has 2 nitrogen and oxygen atoms in total. The topological polar surface area (TPSA) is 28.7 Å². The SMILES string of the molecule is C[B]c1nc(Br)c(Br)[nH]1. The molecule has 0 aromatic carbocycles. The molecule has 1 aromatic rings. The molecule has 5 heteroatoms. The van der Waals surface area contributed by atoms with Crippen molar-refractivity contribution in [3.05, 3.63) is 9.21 Å². The van der Waals surface area contributed by atoms with Gasteiger partial charge in [-0.2, -0.15) is 0 Å². The van der Waals surface area contributed by atoms with E-state index in [1.807, 2.05) is 14.1 Å². The van der Waals surface area contributed by atoms with Crippen molar-refractivity contribution in [3.63, 3.8) is 0 Å². The number of aromatic amines is 1. The molecule has 47 valence electrons. The third kappa shape index (κ3) is 1.58. The minimum absolute atomic E-state index is 0.815. The van der Waals surface area contributed by atoms with Gasteiger partial charge in [-0.15, -0.1) is 0 Å². The maximum Gasteiger partial charge on any atom is 0.198 e. The van der Waals surface area contributed by atoms with Crippen LogP contribution in [0.2, 0.25) is 6.82 Å². The number of aromatic nitrogens is 2. The molecule has 0 bridgehead atoms. The second kappa shape index (κ2) is 2.88. The highest BCUT2D eigenvalue weighted by Gasteiger charge is 2.01. The molecule has 0 saturated carbocycles. The van der Waals surface area contributed by atoms with E-state index >= 15 is 0 Å². The van der Waals surface area contributed by atoms with Crippen LogP contribution in [0.15, 0.2) is 9.21 Å². The number of rotatable bonds is 1. The molecule has 0 aliphatic rings. The van der Waals surface area contributed by atoms with Gasteiger partial charge in [0.1, 0.15) is 9.21 Å². The molecule has 0 unspecified atom stereocenters. The van der Waals surface area contributed by atoms with Gasteiger partial charge in [0.05, 0.1) is 5.72 Å². The van der Waals surface area contributed by atoms with E-state index in [9.17, 15) is 0 Å². The van der Waals surface area contributed by atoms with E-state index in [2.05, 4.69) is 41.8 Å². The summed E-state index contributed by atoms with van der Waals surface area (Å²) < 4.78 is 1.70. The van der Waals surface area contributed by atoms with E-state index in [1.165, 1.54) is 0 Å². The molecule has 0 atom stereocenters. The Hall–Kier alpha value is 0.235. The van der Waals surface area contributed by atoms with Crippen LogP contribution in [-0.2, 0) is 0 Å². The summed E-state index contributed by atoms with van der Waals surface area (Å²) in [6.45, 7) is 1.93. The Labute approximate surface area is 70.9 Å². The molecule has 1 N–H and O–H groups in total. The van der Waals surface area contributed by atoms with Gasteiger partial charge in [-0.25, -0.2) is 4.98 Å². The summed E-state index contributed by atoms with van der Waals surface area (Å²) in [6.07, 6.45) is 0. The van der Waals surface area contributed by atoms with Crippen LogP contribution in [0.4, 0.5) is 0 Å². The first-order valence-electron chi connectivity index (χ1n) is 2.44. The lowest BCUT2D eigenvalue weighted by Crippen LogP contribution is -2.14. The lowest BCUT2D eigenvalue weighted by Gasteiger charge is -1.79. The molecular weight excluding hydrogens is 247 g/mol. The van der Waals surface area contributed by atoms with E-state index in [1.54, 1.807) is 0 Å². The number of halogens is 2. The Balaban J connectivity index is 2.98. The Morgan fingerprint density at radius 3 is 2.44 bits per heavy atom. The first kappa shape index (κ1) is 7.34. The first-order chi connectivity index (χ1) is 4.24. The van der Waals surface area contributed by atoms with Crippen molar-refractivity contribution in [3.8, 4) is 0 Å². The molecule has 0 aliphatic carbocycles. The predicted octanol–water partition coefficient (Wildman–Crippen LogP) is 1.31. The number of hydrogen-bond acceptors (Lipinski definition) is 1. The van der Waals surface area contributed by atoms with Gasteiger partial charge < -0.3 is 4.98 Å². The maximum atomic E-state index is 4.09. The van der Waals surface area contributed by atoms with Gasteiger partial charge in [-0.3, -0.25) is 0 Å². The van der Waals surface area contributed by atoms with Crippen LogP contribution in [0.1, 0.15) is 0 Å². The predicted molar refractivity (Wildman–Crippen MR) is 45.2 cm³/mol. The van der Waals surface area contributed by atoms with Gasteiger partial charge in [0, 0.05) is 0 Å². The maximum absolute atomic E-state index is 4.09. The van der Waals surface area contributed by atoms with Crippen LogP contribution in [0.5, 0.6) is 0 Å². The van der Waals surface area contributed by atoms with Gasteiger partial charge in [-0.05, 0) is 31.9 Å². The Kier molecular flexibility index (Phi) is 2.35. The Bertz CT molecular complexity index is 191. The number of nitrogens with zero attached hydrogens (tertiary/aromatic N) is 1. The zero-order valence-corrected chi connectivity index (χ0v) is 7.95. The summed E-state index contributed by atoms with van der Waals surface area (Å²) in [5.74, 6) is 0. The highest BCUT2D eigenvalue weighted by Crippen LogP contribution is 2.15. The summed E-state index contributed by atoms with van der Waals surface area (Å²) in [4.78, 5) is 7.08. The molecule has 1 aromatic heterocycles. The fourth-order valence-electron chi connectivity index (χ4n) is 0.484. The fourth-order valence-corrected chi connectivity index (χ4v) is 1.07. The molecule has 0 spiro atoms. The molecule has 0 saturated heterocycles. The summed E-state index contributed by atoms with van der Waals surface area (Å²) in [5, 5.41) is 0. The number of nitrogens with one attached hydrogen (secondary N) is 1. The molecule has 0 amide bonds. The average molecular weight is 251 g/mol. The minimum Gasteiger partial charge on any atom is -0.345 e. The molecule has 0 fully saturated rings. The van der Waals surface area contributed by atoms with Crippen molar-refractivity contribution in [2.75, 3.05) is 0 Å². The average Bonchev–Trinajstić information content (AvgIpc) is 2.13. The van der Waals surface area contributed by atoms with E-state index in [0.29, 0.717) is 0 Å². The largest absolute Gasteiger partial charge is 0.345 e. The summed E-state index contributed by atoms with van der Waals surface area (Å²) in [7, 11) is 1.90. The van der Waals surface area contributed by atoms with Crippen molar-refractivity contribution in [2.45, 2.75) is 6.82 Å². The van der Waals surface area contributed by atoms with Crippen molar-refractivity contribution in [1.82, 2.24) is 9.97 Å². The zero-order valence-electron chi connectivity index (χ0n) is 4.78. The van der Waals surface area contributed by atoms with E-state index < -0.39 is 0 Å². The highest BCUT2D eigenvalue weighted by molar-refractivity contribution is 9.13. The zero-order chi connectivity index (χ0) is 6.85. The number of H-pyrrole nitrogens is 1. The van der Waals surface area contributed by atoms with Gasteiger partial charge in [-0.1, -0.05) is 6.82 Å². The molecule has 9 heavy (non-hydrogen) atoms. The van der Waals surface area contributed by atoms with Crippen LogP contribution in [0.25, 0.3) is 0 Å². The van der Waals surface area contributed by atoms with Crippen LogP contribution in [0.3, 0.4) is 0 Å². The monoisotopic (exact) mass is 249 g/mol. The normalized spacial score (nSPS) is 9.67. The number of imidazole rings is 1. The fraction of sp³-hybridized carbons (Fsp3) is 0.250. The van der Waals surface area contributed by atoms with Crippen molar-refractivity contribution in [1.29, 1.82) is 0 Å². The number of hydrogen-bond donors (Lipinski definition) is 1. The van der Waals surface area contributed by atoms with Crippen molar-refractivity contribution in [2.24, 2.45) is 0 Å². The summed E-state index contributed by atoms with van der Waals surface area (Å²) in [6, 6.07) is 0. The van der Waals surface area contributed by atoms with Crippen molar-refractivity contribution < 1.29 is 0 Å². The lowest BCUT2D eigenvalue weighted by atomic mass is 9.82. The second-order valence-electron chi connectivity index (χ2n) is 1.52. The standard InChI is InChI=1S/C4H4BBr2N2/c1-5-4-8-2(6)3(7)9-4/h1H3,(H,8,9). The van der Waals surface area contributed by atoms with Crippen LogP contribution in [0, 0.1) is 0 Å². The van der Waals surface area contributed by atoms with Gasteiger partial charge >= 0.3 is 0 Å². The summed E-state index contributed by atoms with van der Waals surface area (Å²) in [5.41, 5.74) is 0.869. The third-order valence-electron chi connectivity index (χ3n) is 0.911. The lowest BCUT2D eigenvalue weighted by molar-refractivity contribution is 1.38. The molecule has 0 aliphatic heterocycles. The van der Waals surface area contributed by atoms with Crippen LogP contribution < -0.4 is 5.72 Å². The van der Waals surface area contributed by atoms with Gasteiger partial charge in [0.25, 0.3) is 0 Å². The Morgan fingerprint density at radius 1 is 1.56 bits per heavy atom.